The van der Waals surface area contributed by atoms with Crippen molar-refractivity contribution < 1.29 is 23.1 Å². The topological polar surface area (TPSA) is 69.6 Å². The van der Waals surface area contributed by atoms with E-state index >= 15 is 0 Å². The van der Waals surface area contributed by atoms with Gasteiger partial charge in [0.15, 0.2) is 0 Å². The summed E-state index contributed by atoms with van der Waals surface area (Å²) in [5, 5.41) is 8.98. The number of hydrogen-bond donors (Lipinski definition) is 1. The van der Waals surface area contributed by atoms with Gasteiger partial charge in [-0.1, -0.05) is 0 Å². The molecule has 3 rings (SSSR count). The van der Waals surface area contributed by atoms with E-state index in [0.717, 1.165) is 12.4 Å². The van der Waals surface area contributed by atoms with E-state index in [2.05, 4.69) is 9.97 Å². The Morgan fingerprint density at radius 3 is 2.60 bits per heavy atom. The van der Waals surface area contributed by atoms with Crippen molar-refractivity contribution in [3.63, 3.8) is 0 Å². The first-order valence-corrected chi connectivity index (χ1v) is 6.01. The third-order valence-electron chi connectivity index (χ3n) is 3.72. The van der Waals surface area contributed by atoms with Crippen LogP contribution >= 0.6 is 0 Å². The molecular weight excluding hydrogens is 277 g/mol. The molecule has 0 radical (unpaired) electrons. The Morgan fingerprint density at radius 1 is 1.30 bits per heavy atom. The molecule has 2 bridgehead atoms. The van der Waals surface area contributed by atoms with E-state index in [1.165, 1.54) is 4.90 Å². The standard InChI is InChI=1S/C11H11F3N4O2/c12-11(13,14)8-2-9(16-5-15-8)17-3-7-1-6(17)4-18(7)10(19)20/h2,5-7H,1,3-4H2,(H,19,20)/t6-,7-/m0/s1. The third-order valence-corrected chi connectivity index (χ3v) is 3.72. The van der Waals surface area contributed by atoms with Crippen molar-refractivity contribution in [2.24, 2.45) is 0 Å². The fourth-order valence-electron chi connectivity index (χ4n) is 2.84. The zero-order valence-corrected chi connectivity index (χ0v) is 10.2. The number of fused-ring (bicyclic) bond motifs is 2. The quantitative estimate of drug-likeness (QED) is 0.846. The molecule has 2 aliphatic rings. The smallest absolute Gasteiger partial charge is 0.433 e. The molecule has 0 unspecified atom stereocenters. The minimum absolute atomic E-state index is 0.118. The van der Waals surface area contributed by atoms with Gasteiger partial charge in [0.05, 0.1) is 12.1 Å². The predicted molar refractivity (Wildman–Crippen MR) is 61.3 cm³/mol. The monoisotopic (exact) mass is 288 g/mol. The molecule has 0 spiro atoms. The summed E-state index contributed by atoms with van der Waals surface area (Å²) in [6.07, 6.45) is -3.99. The van der Waals surface area contributed by atoms with Gasteiger partial charge in [0.25, 0.3) is 0 Å². The maximum atomic E-state index is 12.6. The first-order valence-electron chi connectivity index (χ1n) is 6.01. The van der Waals surface area contributed by atoms with Crippen LogP contribution < -0.4 is 4.90 Å². The molecule has 9 heteroatoms. The van der Waals surface area contributed by atoms with Crippen LogP contribution in [0.5, 0.6) is 0 Å². The van der Waals surface area contributed by atoms with E-state index in [4.69, 9.17) is 5.11 Å². The van der Waals surface area contributed by atoms with Crippen molar-refractivity contribution in [2.75, 3.05) is 18.0 Å². The van der Waals surface area contributed by atoms with Crippen LogP contribution in [0.3, 0.4) is 0 Å². The van der Waals surface area contributed by atoms with Gasteiger partial charge in [0, 0.05) is 19.2 Å². The maximum absolute atomic E-state index is 12.6. The van der Waals surface area contributed by atoms with Crippen molar-refractivity contribution in [3.05, 3.63) is 18.1 Å². The van der Waals surface area contributed by atoms with Gasteiger partial charge in [-0.05, 0) is 6.42 Å². The lowest BCUT2D eigenvalue weighted by Gasteiger charge is -2.33. The van der Waals surface area contributed by atoms with Crippen LogP contribution in [0.15, 0.2) is 12.4 Å². The highest BCUT2D eigenvalue weighted by Gasteiger charge is 2.46. The van der Waals surface area contributed by atoms with E-state index in [9.17, 15) is 18.0 Å². The van der Waals surface area contributed by atoms with Crippen LogP contribution in [0.2, 0.25) is 0 Å². The summed E-state index contributed by atoms with van der Waals surface area (Å²) >= 11 is 0. The first-order chi connectivity index (χ1) is 9.36. The molecule has 1 aromatic rings. The summed E-state index contributed by atoms with van der Waals surface area (Å²) in [5.74, 6) is 0.199. The molecule has 0 aliphatic carbocycles. The molecule has 20 heavy (non-hydrogen) atoms. The summed E-state index contributed by atoms with van der Waals surface area (Å²) in [6, 6.07) is 0.611. The second-order valence-electron chi connectivity index (χ2n) is 4.89. The lowest BCUT2D eigenvalue weighted by atomic mass is 10.2. The minimum atomic E-state index is -4.51. The van der Waals surface area contributed by atoms with Gasteiger partial charge in [-0.25, -0.2) is 14.8 Å². The van der Waals surface area contributed by atoms with E-state index in [1.807, 2.05) is 0 Å². The Kier molecular flexibility index (Phi) is 2.73. The van der Waals surface area contributed by atoms with Gasteiger partial charge < -0.3 is 14.9 Å². The summed E-state index contributed by atoms with van der Waals surface area (Å²) < 4.78 is 37.8. The summed E-state index contributed by atoms with van der Waals surface area (Å²) in [6.45, 7) is 0.663. The van der Waals surface area contributed by atoms with E-state index in [0.29, 0.717) is 19.5 Å². The number of rotatable bonds is 1. The van der Waals surface area contributed by atoms with Crippen LogP contribution in [-0.2, 0) is 6.18 Å². The number of halogens is 3. The van der Waals surface area contributed by atoms with Crippen LogP contribution in [0, 0.1) is 0 Å². The second-order valence-corrected chi connectivity index (χ2v) is 4.89. The highest BCUT2D eigenvalue weighted by Crippen LogP contribution is 2.35. The average Bonchev–Trinajstić information content (AvgIpc) is 2.97. The van der Waals surface area contributed by atoms with E-state index < -0.39 is 18.0 Å². The maximum Gasteiger partial charge on any atom is 0.433 e. The molecule has 1 amide bonds. The summed E-state index contributed by atoms with van der Waals surface area (Å²) in [5.41, 5.74) is -0.986. The van der Waals surface area contributed by atoms with Crippen molar-refractivity contribution in [2.45, 2.75) is 24.7 Å². The Morgan fingerprint density at radius 2 is 2.05 bits per heavy atom. The zero-order chi connectivity index (χ0) is 14.5. The number of likely N-dealkylation sites (tertiary alicyclic amines) is 1. The highest BCUT2D eigenvalue weighted by atomic mass is 19.4. The van der Waals surface area contributed by atoms with Gasteiger partial charge in [0.2, 0.25) is 0 Å². The normalized spacial score (nSPS) is 25.4. The summed E-state index contributed by atoms with van der Waals surface area (Å²) in [7, 11) is 0. The Labute approximate surface area is 111 Å². The number of carbonyl (C=O) groups is 1. The lowest BCUT2D eigenvalue weighted by Crippen LogP contribution is -2.48. The molecule has 6 nitrogen and oxygen atoms in total. The fraction of sp³-hybridized carbons (Fsp3) is 0.545. The van der Waals surface area contributed by atoms with Crippen molar-refractivity contribution in [1.29, 1.82) is 0 Å². The molecule has 1 aromatic heterocycles. The van der Waals surface area contributed by atoms with Gasteiger partial charge >= 0.3 is 12.3 Å². The van der Waals surface area contributed by atoms with Crippen LogP contribution in [-0.4, -0.2) is 51.2 Å². The lowest BCUT2D eigenvalue weighted by molar-refractivity contribution is -0.141. The molecule has 1 N–H and O–H groups in total. The molecule has 2 atom stereocenters. The Hall–Kier alpha value is -2.06. The molecule has 2 fully saturated rings. The molecule has 3 heterocycles. The largest absolute Gasteiger partial charge is 0.465 e. The van der Waals surface area contributed by atoms with Crippen molar-refractivity contribution in [1.82, 2.24) is 14.9 Å². The van der Waals surface area contributed by atoms with Crippen molar-refractivity contribution >= 4 is 11.9 Å². The Bertz CT molecular complexity index is 551. The zero-order valence-electron chi connectivity index (χ0n) is 10.2. The molecule has 2 saturated heterocycles. The number of piperazine rings is 1. The molecule has 0 saturated carbocycles. The van der Waals surface area contributed by atoms with Crippen molar-refractivity contribution in [3.8, 4) is 0 Å². The first kappa shape index (κ1) is 12.9. The summed E-state index contributed by atoms with van der Waals surface area (Å²) in [4.78, 5) is 21.1. The van der Waals surface area contributed by atoms with E-state index in [-0.39, 0.29) is 17.9 Å². The van der Waals surface area contributed by atoms with Crippen LogP contribution in [0.25, 0.3) is 0 Å². The van der Waals surface area contributed by atoms with Gasteiger partial charge in [0.1, 0.15) is 17.8 Å². The average molecular weight is 288 g/mol. The Balaban J connectivity index is 1.82. The number of anilines is 1. The van der Waals surface area contributed by atoms with Crippen LogP contribution in [0.1, 0.15) is 12.1 Å². The van der Waals surface area contributed by atoms with Gasteiger partial charge in [-0.2, -0.15) is 13.2 Å². The number of alkyl halides is 3. The predicted octanol–water partition coefficient (Wildman–Crippen LogP) is 1.44. The second kappa shape index (κ2) is 4.22. The number of carboxylic acid groups (broad SMARTS) is 1. The van der Waals surface area contributed by atoms with Gasteiger partial charge in [-0.3, -0.25) is 0 Å². The fourth-order valence-corrected chi connectivity index (χ4v) is 2.84. The molecule has 0 aromatic carbocycles. The molecule has 108 valence electrons. The number of nitrogens with zero attached hydrogens (tertiary/aromatic N) is 4. The highest BCUT2D eigenvalue weighted by molar-refractivity contribution is 5.67. The van der Waals surface area contributed by atoms with Gasteiger partial charge in [-0.15, -0.1) is 0 Å². The molecule has 2 aliphatic heterocycles. The minimum Gasteiger partial charge on any atom is -0.465 e. The third kappa shape index (κ3) is 2.02. The SMILES string of the molecule is O=C(O)N1C[C@@H]2C[C@H]1CN2c1cc(C(F)(F)F)ncn1. The number of hydrogen-bond acceptors (Lipinski definition) is 4. The molecular formula is C11H11F3N4O2. The number of aromatic nitrogens is 2. The van der Waals surface area contributed by atoms with Crippen LogP contribution in [0.4, 0.5) is 23.8 Å². The van der Waals surface area contributed by atoms with E-state index in [1.54, 1.807) is 4.90 Å². The number of amides is 1.